The first kappa shape index (κ1) is 24.9. The summed E-state index contributed by atoms with van der Waals surface area (Å²) >= 11 is 6.63. The average molecular weight is 518 g/mol. The van der Waals surface area contributed by atoms with Gasteiger partial charge in [0.25, 0.3) is 0 Å². The van der Waals surface area contributed by atoms with Crippen molar-refractivity contribution in [3.8, 4) is 5.75 Å². The van der Waals surface area contributed by atoms with E-state index in [4.69, 9.17) is 25.5 Å². The van der Waals surface area contributed by atoms with E-state index in [1.54, 1.807) is 12.1 Å². The summed E-state index contributed by atoms with van der Waals surface area (Å²) in [6, 6.07) is 18.9. The molecule has 1 aliphatic rings. The van der Waals surface area contributed by atoms with E-state index < -0.39 is 0 Å². The van der Waals surface area contributed by atoms with Crippen LogP contribution in [0, 0.1) is 6.92 Å². The molecule has 2 heterocycles. The fourth-order valence-electron chi connectivity index (χ4n) is 4.58. The lowest BCUT2D eigenvalue weighted by atomic mass is 9.97. The summed E-state index contributed by atoms with van der Waals surface area (Å²) in [5, 5.41) is 1.28. The molecule has 0 radical (unpaired) electrons. The van der Waals surface area contributed by atoms with E-state index in [-0.39, 0.29) is 18.3 Å². The molecule has 190 valence electrons. The third-order valence-corrected chi connectivity index (χ3v) is 7.00. The fraction of sp³-hybridized carbons (Fsp3) is 0.267. The summed E-state index contributed by atoms with van der Waals surface area (Å²) in [5.74, 6) is 0.196. The Morgan fingerprint density at radius 1 is 1.11 bits per heavy atom. The van der Waals surface area contributed by atoms with Gasteiger partial charge in [0, 0.05) is 23.1 Å². The van der Waals surface area contributed by atoms with Crippen LogP contribution in [0.3, 0.4) is 0 Å². The maximum absolute atomic E-state index is 13.1. The highest BCUT2D eigenvalue weighted by Gasteiger charge is 2.26. The number of aryl methyl sites for hydroxylation is 1. The summed E-state index contributed by atoms with van der Waals surface area (Å²) in [6.07, 6.45) is 2.29. The van der Waals surface area contributed by atoms with Crippen molar-refractivity contribution in [1.82, 2.24) is 0 Å². The van der Waals surface area contributed by atoms with Crippen molar-refractivity contribution in [3.05, 3.63) is 104 Å². The van der Waals surface area contributed by atoms with Crippen LogP contribution in [0.2, 0.25) is 5.02 Å². The Kier molecular flexibility index (Phi) is 7.19. The van der Waals surface area contributed by atoms with E-state index in [9.17, 15) is 9.59 Å². The van der Waals surface area contributed by atoms with E-state index in [1.165, 1.54) is 0 Å². The second-order valence-corrected chi connectivity index (χ2v) is 9.61. The second-order valence-electron chi connectivity index (χ2n) is 9.21. The zero-order valence-electron chi connectivity index (χ0n) is 20.9. The number of ether oxygens (including phenoxy) is 2. The smallest absolute Gasteiger partial charge is 0.340 e. The maximum atomic E-state index is 13.1. The zero-order chi connectivity index (χ0) is 25.9. The van der Waals surface area contributed by atoms with Gasteiger partial charge in [-0.3, -0.25) is 0 Å². The minimum atomic E-state index is -0.360. The lowest BCUT2D eigenvalue weighted by Gasteiger charge is -2.31. The van der Waals surface area contributed by atoms with Gasteiger partial charge in [0.2, 0.25) is 0 Å². The molecular weight excluding hydrogens is 490 g/mol. The molecule has 0 saturated carbocycles. The third-order valence-electron chi connectivity index (χ3n) is 6.72. The standard InChI is InChI=1S/C30H28ClNO5/c1-3-4-14-35-29(33)21-10-12-22(13-11-21)32-17-25-27-23(16-26(31)28(25)36-18-32)19(2)24(30(34)37-27)15-20-8-6-5-7-9-20/h5-13,16H,3-4,14-15,17-18H2,1-2H3. The van der Waals surface area contributed by atoms with Crippen molar-refractivity contribution in [2.24, 2.45) is 0 Å². The van der Waals surface area contributed by atoms with Gasteiger partial charge in [-0.2, -0.15) is 0 Å². The molecule has 3 aromatic carbocycles. The van der Waals surface area contributed by atoms with Crippen LogP contribution in [0.4, 0.5) is 5.69 Å². The summed E-state index contributed by atoms with van der Waals surface area (Å²) in [4.78, 5) is 27.3. The van der Waals surface area contributed by atoms with Gasteiger partial charge >= 0.3 is 11.6 Å². The van der Waals surface area contributed by atoms with Gasteiger partial charge in [-0.1, -0.05) is 55.3 Å². The third kappa shape index (κ3) is 5.07. The highest BCUT2D eigenvalue weighted by molar-refractivity contribution is 6.33. The number of hydrogen-bond donors (Lipinski definition) is 0. The van der Waals surface area contributed by atoms with E-state index in [0.717, 1.165) is 40.6 Å². The predicted molar refractivity (Wildman–Crippen MR) is 145 cm³/mol. The van der Waals surface area contributed by atoms with E-state index in [0.29, 0.717) is 47.1 Å². The van der Waals surface area contributed by atoms with Gasteiger partial charge < -0.3 is 18.8 Å². The number of fused-ring (bicyclic) bond motifs is 3. The molecule has 0 saturated heterocycles. The Bertz CT molecular complexity index is 1500. The van der Waals surface area contributed by atoms with Crippen LogP contribution in [-0.2, 0) is 17.7 Å². The SMILES string of the molecule is CCCCOC(=O)c1ccc(N2COc3c(Cl)cc4c(C)c(Cc5ccccc5)c(=O)oc4c3C2)cc1. The molecule has 0 aliphatic carbocycles. The van der Waals surface area contributed by atoms with Gasteiger partial charge in [-0.25, -0.2) is 9.59 Å². The first-order valence-electron chi connectivity index (χ1n) is 12.4. The molecule has 0 bridgehead atoms. The van der Waals surface area contributed by atoms with Crippen molar-refractivity contribution in [2.75, 3.05) is 18.2 Å². The minimum absolute atomic E-state index is 0.272. The van der Waals surface area contributed by atoms with Crippen LogP contribution in [0.1, 0.15) is 52.4 Å². The summed E-state index contributed by atoms with van der Waals surface area (Å²) in [5.41, 5.74) is 4.72. The number of rotatable bonds is 7. The highest BCUT2D eigenvalue weighted by atomic mass is 35.5. The summed E-state index contributed by atoms with van der Waals surface area (Å²) in [7, 11) is 0. The molecular formula is C30H28ClNO5. The lowest BCUT2D eigenvalue weighted by molar-refractivity contribution is 0.0500. The molecule has 1 aliphatic heterocycles. The number of carbonyl (C=O) groups is 1. The van der Waals surface area contributed by atoms with Crippen LogP contribution in [0.15, 0.2) is 69.9 Å². The molecule has 1 aromatic heterocycles. The lowest BCUT2D eigenvalue weighted by Crippen LogP contribution is -2.32. The first-order chi connectivity index (χ1) is 18.0. The van der Waals surface area contributed by atoms with E-state index >= 15 is 0 Å². The average Bonchev–Trinajstić information content (AvgIpc) is 2.92. The fourth-order valence-corrected chi connectivity index (χ4v) is 4.86. The van der Waals surface area contributed by atoms with Crippen LogP contribution < -0.4 is 15.3 Å². The zero-order valence-corrected chi connectivity index (χ0v) is 21.6. The monoisotopic (exact) mass is 517 g/mol. The van der Waals surface area contributed by atoms with E-state index in [1.807, 2.05) is 67.3 Å². The Labute approximate surface area is 220 Å². The van der Waals surface area contributed by atoms with Crippen molar-refractivity contribution in [2.45, 2.75) is 39.7 Å². The number of nitrogens with zero attached hydrogens (tertiary/aromatic N) is 1. The quantitative estimate of drug-likeness (QED) is 0.155. The molecule has 0 fully saturated rings. The summed E-state index contributed by atoms with van der Waals surface area (Å²) < 4.78 is 17.2. The first-order valence-corrected chi connectivity index (χ1v) is 12.8. The van der Waals surface area contributed by atoms with Gasteiger partial charge in [0.1, 0.15) is 11.3 Å². The molecule has 0 spiro atoms. The molecule has 0 unspecified atom stereocenters. The molecule has 7 heteroatoms. The normalized spacial score (nSPS) is 12.8. The topological polar surface area (TPSA) is 69.0 Å². The molecule has 0 atom stereocenters. The van der Waals surface area contributed by atoms with Gasteiger partial charge in [-0.15, -0.1) is 0 Å². The largest absolute Gasteiger partial charge is 0.471 e. The number of benzene rings is 3. The minimum Gasteiger partial charge on any atom is -0.471 e. The number of halogens is 1. The highest BCUT2D eigenvalue weighted by Crippen LogP contribution is 2.40. The number of unbranched alkanes of at least 4 members (excludes halogenated alkanes) is 1. The Balaban J connectivity index is 1.45. The molecule has 4 aromatic rings. The van der Waals surface area contributed by atoms with Crippen LogP contribution in [-0.4, -0.2) is 19.3 Å². The van der Waals surface area contributed by atoms with Crippen molar-refractivity contribution in [1.29, 1.82) is 0 Å². The van der Waals surface area contributed by atoms with Crippen LogP contribution in [0.25, 0.3) is 11.0 Å². The van der Waals surface area contributed by atoms with Crippen molar-refractivity contribution >= 4 is 34.2 Å². The number of esters is 1. The van der Waals surface area contributed by atoms with E-state index in [2.05, 4.69) is 0 Å². The Hall–Kier alpha value is -3.77. The number of hydrogen-bond acceptors (Lipinski definition) is 6. The van der Waals surface area contributed by atoms with Crippen LogP contribution in [0.5, 0.6) is 5.75 Å². The molecule has 37 heavy (non-hydrogen) atoms. The van der Waals surface area contributed by atoms with Gasteiger partial charge in [0.15, 0.2) is 6.73 Å². The predicted octanol–water partition coefficient (Wildman–Crippen LogP) is 6.66. The second kappa shape index (κ2) is 10.7. The van der Waals surface area contributed by atoms with Gasteiger partial charge in [-0.05, 0) is 54.8 Å². The summed E-state index contributed by atoms with van der Waals surface area (Å²) in [6.45, 7) is 5.11. The molecule has 6 nitrogen and oxygen atoms in total. The Morgan fingerprint density at radius 3 is 2.59 bits per heavy atom. The van der Waals surface area contributed by atoms with Crippen LogP contribution >= 0.6 is 11.6 Å². The van der Waals surface area contributed by atoms with Crippen molar-refractivity contribution in [3.63, 3.8) is 0 Å². The molecule has 0 amide bonds. The molecule has 0 N–H and O–H groups in total. The molecule has 5 rings (SSSR count). The van der Waals surface area contributed by atoms with Crippen molar-refractivity contribution < 1.29 is 18.7 Å². The maximum Gasteiger partial charge on any atom is 0.340 e. The number of anilines is 1. The van der Waals surface area contributed by atoms with Gasteiger partial charge in [0.05, 0.1) is 29.3 Å². The Morgan fingerprint density at radius 2 is 1.86 bits per heavy atom. The number of carbonyl (C=O) groups excluding carboxylic acids is 1.